The van der Waals surface area contributed by atoms with E-state index in [2.05, 4.69) is 15.7 Å². The third kappa shape index (κ3) is 5.69. The summed E-state index contributed by atoms with van der Waals surface area (Å²) in [6.45, 7) is 4.89. The highest BCUT2D eigenvalue weighted by molar-refractivity contribution is 5.91. The average Bonchev–Trinajstić information content (AvgIpc) is 3.59. The van der Waals surface area contributed by atoms with Gasteiger partial charge in [-0.3, -0.25) is 14.9 Å². The molecule has 3 heterocycles. The largest absolute Gasteiger partial charge is 0.392 e. The van der Waals surface area contributed by atoms with Crippen LogP contribution in [0.3, 0.4) is 0 Å². The number of aryl methyl sites for hydroxylation is 1. The van der Waals surface area contributed by atoms with Gasteiger partial charge in [0.25, 0.3) is 0 Å². The van der Waals surface area contributed by atoms with E-state index in [1.165, 1.54) is 12.1 Å². The summed E-state index contributed by atoms with van der Waals surface area (Å²) in [6.07, 6.45) is 3.00. The Labute approximate surface area is 225 Å². The maximum Gasteiger partial charge on any atom is 0.320 e. The molecule has 1 fully saturated rings. The van der Waals surface area contributed by atoms with Gasteiger partial charge in [-0.25, -0.2) is 18.3 Å². The predicted octanol–water partition coefficient (Wildman–Crippen LogP) is 3.83. The quantitative estimate of drug-likeness (QED) is 0.334. The number of nitrogens with one attached hydrogen (secondary N) is 2. The molecule has 4 aromatic rings. The number of anilines is 1. The maximum absolute atomic E-state index is 14.1. The molecule has 0 aliphatic carbocycles. The Morgan fingerprint density at radius 1 is 1.15 bits per heavy atom. The summed E-state index contributed by atoms with van der Waals surface area (Å²) in [5.41, 5.74) is 3.62. The van der Waals surface area contributed by atoms with Crippen LogP contribution in [0.5, 0.6) is 0 Å². The standard InChI is InChI=1S/C28H31F2N7O2/c1-17(38)13-36-15-22(19-9-10-23(29)24(30)11-19)25(16-36)32-28(39)33-27-18(2)26(20-12-31-35(3)14-20)34-37(27)21-7-5-4-6-8-21/h4-12,14,17,22,25,38H,13,15-16H2,1-3H3,(H2,32,33,39)/t17?,22-,25+/m0/s1. The average molecular weight is 536 g/mol. The van der Waals surface area contributed by atoms with Crippen LogP contribution in [0, 0.1) is 18.6 Å². The Morgan fingerprint density at radius 2 is 1.92 bits per heavy atom. The van der Waals surface area contributed by atoms with Crippen molar-refractivity contribution >= 4 is 11.8 Å². The van der Waals surface area contributed by atoms with Gasteiger partial charge in [-0.1, -0.05) is 24.3 Å². The molecule has 0 spiro atoms. The number of halogens is 2. The lowest BCUT2D eigenvalue weighted by atomic mass is 9.94. The lowest BCUT2D eigenvalue weighted by Crippen LogP contribution is -2.43. The van der Waals surface area contributed by atoms with Gasteiger partial charge < -0.3 is 10.4 Å². The molecule has 1 unspecified atom stereocenters. The van der Waals surface area contributed by atoms with Crippen molar-refractivity contribution in [1.82, 2.24) is 29.8 Å². The van der Waals surface area contributed by atoms with Gasteiger partial charge in [0, 0.05) is 49.9 Å². The number of β-amino-alcohol motifs (C(OH)–C–C–N with tert-alkyl or cyclic N) is 1. The molecule has 5 rings (SSSR count). The SMILES string of the molecule is Cc1c(-c2cnn(C)c2)nn(-c2ccccc2)c1NC(=O)N[C@@H]1CN(CC(C)O)C[C@H]1c1ccc(F)c(F)c1. The van der Waals surface area contributed by atoms with Gasteiger partial charge in [0.05, 0.1) is 24.0 Å². The zero-order valence-corrected chi connectivity index (χ0v) is 22.0. The van der Waals surface area contributed by atoms with Crippen molar-refractivity contribution in [3.63, 3.8) is 0 Å². The second kappa shape index (κ2) is 11.0. The van der Waals surface area contributed by atoms with E-state index in [-0.39, 0.29) is 5.92 Å². The molecule has 0 saturated carbocycles. The molecule has 2 aromatic heterocycles. The minimum Gasteiger partial charge on any atom is -0.392 e. The molecule has 1 aliphatic rings. The normalized spacial score (nSPS) is 18.3. The Kier molecular flexibility index (Phi) is 7.45. The first-order chi connectivity index (χ1) is 18.7. The molecule has 1 saturated heterocycles. The van der Waals surface area contributed by atoms with Gasteiger partial charge in [-0.2, -0.15) is 10.2 Å². The van der Waals surface area contributed by atoms with Crippen molar-refractivity contribution in [1.29, 1.82) is 0 Å². The number of hydrogen-bond donors (Lipinski definition) is 3. The number of carbonyl (C=O) groups excluding carboxylic acids is 1. The molecule has 0 bridgehead atoms. The van der Waals surface area contributed by atoms with E-state index in [1.807, 2.05) is 55.4 Å². The fourth-order valence-electron chi connectivity index (χ4n) is 5.16. The van der Waals surface area contributed by atoms with Gasteiger partial charge in [-0.05, 0) is 43.7 Å². The zero-order chi connectivity index (χ0) is 27.7. The number of para-hydroxylation sites is 1. The lowest BCUT2D eigenvalue weighted by Gasteiger charge is -2.21. The van der Waals surface area contributed by atoms with Crippen LogP contribution in [0.2, 0.25) is 0 Å². The minimum absolute atomic E-state index is 0.296. The Bertz CT molecular complexity index is 1470. The Balaban J connectivity index is 1.43. The highest BCUT2D eigenvalue weighted by Crippen LogP contribution is 2.32. The van der Waals surface area contributed by atoms with Gasteiger partial charge in [0.15, 0.2) is 11.6 Å². The van der Waals surface area contributed by atoms with Crippen molar-refractivity contribution in [2.75, 3.05) is 25.0 Å². The number of hydrogen-bond acceptors (Lipinski definition) is 5. The molecular weight excluding hydrogens is 504 g/mol. The lowest BCUT2D eigenvalue weighted by molar-refractivity contribution is 0.139. The second-order valence-corrected chi connectivity index (χ2v) is 10.0. The number of aliphatic hydroxyl groups excluding tert-OH is 1. The topological polar surface area (TPSA) is 100 Å². The highest BCUT2D eigenvalue weighted by Gasteiger charge is 2.36. The number of amides is 2. The van der Waals surface area contributed by atoms with Gasteiger partial charge >= 0.3 is 6.03 Å². The second-order valence-electron chi connectivity index (χ2n) is 10.0. The number of likely N-dealkylation sites (tertiary alicyclic amines) is 1. The summed E-state index contributed by atoms with van der Waals surface area (Å²) < 4.78 is 31.0. The molecule has 2 amide bonds. The van der Waals surface area contributed by atoms with Crippen LogP contribution in [-0.2, 0) is 7.05 Å². The summed E-state index contributed by atoms with van der Waals surface area (Å²) in [4.78, 5) is 15.4. The number of urea groups is 1. The van der Waals surface area contributed by atoms with Crippen LogP contribution >= 0.6 is 0 Å². The number of benzene rings is 2. The third-order valence-corrected chi connectivity index (χ3v) is 6.94. The van der Waals surface area contributed by atoms with Gasteiger partial charge in [-0.15, -0.1) is 0 Å². The van der Waals surface area contributed by atoms with Gasteiger partial charge in [0.1, 0.15) is 11.5 Å². The van der Waals surface area contributed by atoms with E-state index < -0.39 is 29.8 Å². The van der Waals surface area contributed by atoms with Gasteiger partial charge in [0.2, 0.25) is 0 Å². The van der Waals surface area contributed by atoms with Crippen molar-refractivity contribution < 1.29 is 18.7 Å². The minimum atomic E-state index is -0.935. The van der Waals surface area contributed by atoms with E-state index in [1.54, 1.807) is 22.5 Å². The molecule has 2 aromatic carbocycles. The Hall–Kier alpha value is -4.09. The van der Waals surface area contributed by atoms with E-state index in [0.717, 1.165) is 22.9 Å². The first kappa shape index (κ1) is 26.5. The zero-order valence-electron chi connectivity index (χ0n) is 22.0. The van der Waals surface area contributed by atoms with Crippen LogP contribution in [0.15, 0.2) is 60.9 Å². The fourth-order valence-corrected chi connectivity index (χ4v) is 5.16. The predicted molar refractivity (Wildman–Crippen MR) is 144 cm³/mol. The van der Waals surface area contributed by atoms with Crippen LogP contribution in [0.25, 0.3) is 16.9 Å². The molecule has 11 heteroatoms. The summed E-state index contributed by atoms with van der Waals surface area (Å²) in [6, 6.07) is 12.4. The molecule has 39 heavy (non-hydrogen) atoms. The van der Waals surface area contributed by atoms with Crippen LogP contribution in [0.1, 0.15) is 24.0 Å². The molecule has 9 nitrogen and oxygen atoms in total. The molecule has 1 aliphatic heterocycles. The number of carbonyl (C=O) groups is 1. The molecule has 0 radical (unpaired) electrons. The number of rotatable bonds is 7. The van der Waals surface area contributed by atoms with Crippen LogP contribution in [-0.4, -0.2) is 67.4 Å². The molecule has 3 atom stereocenters. The summed E-state index contributed by atoms with van der Waals surface area (Å²) in [5.74, 6) is -1.65. The molecule has 3 N–H and O–H groups in total. The summed E-state index contributed by atoms with van der Waals surface area (Å²) in [7, 11) is 1.82. The summed E-state index contributed by atoms with van der Waals surface area (Å²) in [5, 5.41) is 24.9. The smallest absolute Gasteiger partial charge is 0.320 e. The monoisotopic (exact) mass is 535 g/mol. The fraction of sp³-hybridized carbons (Fsp3) is 0.321. The van der Waals surface area contributed by atoms with Crippen molar-refractivity contribution in [3.05, 3.63) is 83.7 Å². The van der Waals surface area contributed by atoms with E-state index in [4.69, 9.17) is 5.10 Å². The maximum atomic E-state index is 14.1. The third-order valence-electron chi connectivity index (χ3n) is 6.94. The van der Waals surface area contributed by atoms with E-state index in [9.17, 15) is 18.7 Å². The first-order valence-electron chi connectivity index (χ1n) is 12.8. The van der Waals surface area contributed by atoms with E-state index >= 15 is 0 Å². The molecular formula is C28H31F2N7O2. The first-order valence-corrected chi connectivity index (χ1v) is 12.8. The van der Waals surface area contributed by atoms with Crippen molar-refractivity contribution in [2.24, 2.45) is 7.05 Å². The number of aliphatic hydroxyl groups is 1. The van der Waals surface area contributed by atoms with E-state index in [0.29, 0.717) is 36.7 Å². The van der Waals surface area contributed by atoms with Crippen LogP contribution < -0.4 is 10.6 Å². The van der Waals surface area contributed by atoms with Crippen molar-refractivity contribution in [2.45, 2.75) is 31.9 Å². The Morgan fingerprint density at radius 3 is 2.59 bits per heavy atom. The molecule has 204 valence electrons. The van der Waals surface area contributed by atoms with Crippen molar-refractivity contribution in [3.8, 4) is 16.9 Å². The van der Waals surface area contributed by atoms with Crippen LogP contribution in [0.4, 0.5) is 19.4 Å². The number of nitrogens with zero attached hydrogens (tertiary/aromatic N) is 5. The summed E-state index contributed by atoms with van der Waals surface area (Å²) >= 11 is 0. The highest BCUT2D eigenvalue weighted by atomic mass is 19.2. The number of aromatic nitrogens is 4.